The van der Waals surface area contributed by atoms with E-state index < -0.39 is 7.25 Å². The summed E-state index contributed by atoms with van der Waals surface area (Å²) in [5.74, 6) is 0. The predicted octanol–water partition coefficient (Wildman–Crippen LogP) is 5.37. The molecule has 0 aliphatic heterocycles. The van der Waals surface area contributed by atoms with Crippen LogP contribution in [0.1, 0.15) is 71.1 Å². The van der Waals surface area contributed by atoms with Gasteiger partial charge in [0.05, 0.1) is 0 Å². The topological polar surface area (TPSA) is 26.0 Å². The number of nitrogens with two attached hydrogens (primary N) is 1. The van der Waals surface area contributed by atoms with E-state index >= 15 is 0 Å². The molecule has 2 N–H and O–H groups in total. The van der Waals surface area contributed by atoms with E-state index in [1.165, 1.54) is 57.8 Å². The summed E-state index contributed by atoms with van der Waals surface area (Å²) in [7, 11) is -6.00. The Bertz CT molecular complexity index is 147. The van der Waals surface area contributed by atoms with Crippen LogP contribution in [0.4, 0.5) is 17.3 Å². The molecule has 0 saturated heterocycles. The van der Waals surface area contributed by atoms with Gasteiger partial charge >= 0.3 is 7.25 Å². The fourth-order valence-electron chi connectivity index (χ4n) is 1.65. The van der Waals surface area contributed by atoms with Gasteiger partial charge in [-0.2, -0.15) is 0 Å². The summed E-state index contributed by atoms with van der Waals surface area (Å²) in [5, 5.41) is 0. The zero-order valence-corrected chi connectivity index (χ0v) is 12.0. The fourth-order valence-corrected chi connectivity index (χ4v) is 1.65. The van der Waals surface area contributed by atoms with E-state index in [4.69, 9.17) is 5.73 Å². The van der Waals surface area contributed by atoms with Crippen LogP contribution in [0.15, 0.2) is 0 Å². The van der Waals surface area contributed by atoms with Crippen molar-refractivity contribution in [2.75, 3.05) is 6.54 Å². The maximum atomic E-state index is 9.75. The quantitative estimate of drug-likeness (QED) is 0.308. The van der Waals surface area contributed by atoms with Gasteiger partial charge in [0.1, 0.15) is 0 Å². The third-order valence-corrected chi connectivity index (χ3v) is 2.62. The third kappa shape index (κ3) is 38.1. The Morgan fingerprint density at radius 1 is 0.789 bits per heavy atom. The Kier molecular flexibility index (Phi) is 17.5. The largest absolute Gasteiger partial charge is 0.673 e. The van der Waals surface area contributed by atoms with Crippen LogP contribution in [0, 0.1) is 6.42 Å². The lowest BCUT2D eigenvalue weighted by atomic mass is 10.1. The molecule has 0 spiro atoms. The maximum Gasteiger partial charge on any atom is 0.673 e. The number of hydrogen-bond acceptors (Lipinski definition) is 1. The molecular weight excluding hydrogens is 257 g/mol. The monoisotopic (exact) mass is 285 g/mol. The van der Waals surface area contributed by atoms with Gasteiger partial charge in [0, 0.05) is 0 Å². The molecule has 0 heterocycles. The molecule has 1 radical (unpaired) electrons. The van der Waals surface area contributed by atoms with Gasteiger partial charge < -0.3 is 23.0 Å². The zero-order valence-electron chi connectivity index (χ0n) is 12.0. The van der Waals surface area contributed by atoms with Gasteiger partial charge in [-0.05, 0) is 25.8 Å². The van der Waals surface area contributed by atoms with Crippen molar-refractivity contribution in [3.8, 4) is 0 Å². The first-order valence-electron chi connectivity index (χ1n) is 7.30. The maximum absolute atomic E-state index is 9.75. The number of rotatable bonds is 11. The van der Waals surface area contributed by atoms with Crippen molar-refractivity contribution < 1.29 is 17.3 Å². The van der Waals surface area contributed by atoms with Crippen LogP contribution in [-0.2, 0) is 0 Å². The van der Waals surface area contributed by atoms with Crippen LogP contribution >= 0.6 is 0 Å². The van der Waals surface area contributed by atoms with Crippen LogP contribution in [0.25, 0.3) is 0 Å². The van der Waals surface area contributed by atoms with Crippen molar-refractivity contribution in [1.29, 1.82) is 0 Å². The minimum atomic E-state index is -6.00. The lowest BCUT2D eigenvalue weighted by Gasteiger charge is -2.01. The van der Waals surface area contributed by atoms with Crippen LogP contribution in [0.5, 0.6) is 0 Å². The summed E-state index contributed by atoms with van der Waals surface area (Å²) in [6.45, 7) is 3.11. The summed E-state index contributed by atoms with van der Waals surface area (Å²) in [4.78, 5) is 0. The van der Waals surface area contributed by atoms with E-state index in [0.717, 1.165) is 13.0 Å². The minimum Gasteiger partial charge on any atom is -0.418 e. The molecule has 0 amide bonds. The molecule has 0 fully saturated rings. The molecule has 19 heavy (non-hydrogen) atoms. The molecule has 0 rings (SSSR count). The second kappa shape index (κ2) is 15.8. The van der Waals surface area contributed by atoms with Crippen LogP contribution < -0.4 is 5.73 Å². The van der Waals surface area contributed by atoms with Gasteiger partial charge in [-0.25, -0.2) is 0 Å². The Labute approximate surface area is 115 Å². The normalized spacial score (nSPS) is 11.1. The average Bonchev–Trinajstić information content (AvgIpc) is 2.29. The SMILES string of the molecule is CCCCCCCCC[CH]CCCN.F[B-](F)(F)F. The molecule has 0 aromatic heterocycles. The van der Waals surface area contributed by atoms with Gasteiger partial charge in [0.2, 0.25) is 0 Å². The first-order valence-corrected chi connectivity index (χ1v) is 7.30. The molecule has 0 bridgehead atoms. The minimum absolute atomic E-state index is 0.841. The molecule has 0 unspecified atom stereocenters. The molecule has 6 heteroatoms. The van der Waals surface area contributed by atoms with Gasteiger partial charge in [-0.15, -0.1) is 0 Å². The number of hydrogen-bond donors (Lipinski definition) is 1. The summed E-state index contributed by atoms with van der Waals surface area (Å²) in [6.07, 6.45) is 16.0. The molecule has 117 valence electrons. The standard InChI is InChI=1S/C13H28N.BF4/c1-2-3-4-5-6-7-8-9-10-11-12-13-14;2-1(3,4)5/h10H,2-9,11-14H2,1H3;/q;-1. The van der Waals surface area contributed by atoms with Crippen LogP contribution in [0.2, 0.25) is 0 Å². The Balaban J connectivity index is 0. The number of halogens is 4. The van der Waals surface area contributed by atoms with Gasteiger partial charge in [0.15, 0.2) is 0 Å². The second-order valence-electron chi connectivity index (χ2n) is 4.62. The van der Waals surface area contributed by atoms with E-state index in [-0.39, 0.29) is 0 Å². The van der Waals surface area contributed by atoms with E-state index in [1.54, 1.807) is 0 Å². The van der Waals surface area contributed by atoms with Crippen molar-refractivity contribution in [2.45, 2.75) is 71.1 Å². The van der Waals surface area contributed by atoms with Crippen LogP contribution in [0.3, 0.4) is 0 Å². The first-order chi connectivity index (χ1) is 8.91. The molecule has 0 aliphatic rings. The highest BCUT2D eigenvalue weighted by molar-refractivity contribution is 6.50. The smallest absolute Gasteiger partial charge is 0.418 e. The highest BCUT2D eigenvalue weighted by Crippen LogP contribution is 2.10. The van der Waals surface area contributed by atoms with Gasteiger partial charge in [0.25, 0.3) is 0 Å². The van der Waals surface area contributed by atoms with Crippen molar-refractivity contribution >= 4 is 7.25 Å². The van der Waals surface area contributed by atoms with Crippen molar-refractivity contribution in [2.24, 2.45) is 5.73 Å². The molecule has 0 saturated carbocycles. The van der Waals surface area contributed by atoms with E-state index in [2.05, 4.69) is 13.3 Å². The second-order valence-corrected chi connectivity index (χ2v) is 4.62. The molecule has 0 aliphatic carbocycles. The summed E-state index contributed by atoms with van der Waals surface area (Å²) < 4.78 is 39.0. The molecule has 0 aromatic carbocycles. The third-order valence-electron chi connectivity index (χ3n) is 2.62. The first kappa shape index (κ1) is 21.1. The van der Waals surface area contributed by atoms with Crippen molar-refractivity contribution in [1.82, 2.24) is 0 Å². The molecule has 0 atom stereocenters. The summed E-state index contributed by atoms with van der Waals surface area (Å²) in [5.41, 5.74) is 5.42. The van der Waals surface area contributed by atoms with Crippen LogP contribution in [-0.4, -0.2) is 13.8 Å². The molecule has 0 aromatic rings. The van der Waals surface area contributed by atoms with Crippen molar-refractivity contribution in [3.63, 3.8) is 0 Å². The van der Waals surface area contributed by atoms with E-state index in [9.17, 15) is 17.3 Å². The van der Waals surface area contributed by atoms with E-state index in [1.807, 2.05) is 0 Å². The molecular formula is C13H28BF4N-. The lowest BCUT2D eigenvalue weighted by molar-refractivity contribution is 0.368. The van der Waals surface area contributed by atoms with Gasteiger partial charge in [-0.3, -0.25) is 0 Å². The van der Waals surface area contributed by atoms with E-state index in [0.29, 0.717) is 0 Å². The average molecular weight is 285 g/mol. The predicted molar refractivity (Wildman–Crippen MR) is 75.4 cm³/mol. The summed E-state index contributed by atoms with van der Waals surface area (Å²) in [6, 6.07) is 0. The highest BCUT2D eigenvalue weighted by Gasteiger charge is 2.20. The number of unbranched alkanes of at least 4 members (excludes halogenated alkanes) is 10. The van der Waals surface area contributed by atoms with Gasteiger partial charge in [-0.1, -0.05) is 58.3 Å². The zero-order chi connectivity index (χ0) is 15.0. The summed E-state index contributed by atoms with van der Waals surface area (Å²) >= 11 is 0. The highest BCUT2D eigenvalue weighted by atomic mass is 19.5. The Morgan fingerprint density at radius 3 is 1.68 bits per heavy atom. The molecule has 1 nitrogen and oxygen atoms in total. The fraction of sp³-hybridized carbons (Fsp3) is 0.923. The lowest BCUT2D eigenvalue weighted by Crippen LogP contribution is -2.02. The Morgan fingerprint density at radius 2 is 1.21 bits per heavy atom. The Hall–Kier alpha value is -0.255. The van der Waals surface area contributed by atoms with Crippen molar-refractivity contribution in [3.05, 3.63) is 6.42 Å².